The van der Waals surface area contributed by atoms with Gasteiger partial charge in [-0.1, -0.05) is 24.3 Å². The standard InChI is InChI=1S/C15H11NO2/c1-10-5-4-6-11(16-10)9-14-12-7-2-3-8-13(12)15(17)18-14/h2-9H,1H3/b14-9-. The van der Waals surface area contributed by atoms with Crippen molar-refractivity contribution in [2.45, 2.75) is 6.92 Å². The minimum atomic E-state index is -0.301. The van der Waals surface area contributed by atoms with Crippen molar-refractivity contribution in [1.82, 2.24) is 4.98 Å². The lowest BCUT2D eigenvalue weighted by atomic mass is 10.1. The van der Waals surface area contributed by atoms with Crippen LogP contribution < -0.4 is 0 Å². The van der Waals surface area contributed by atoms with Gasteiger partial charge in [0.25, 0.3) is 0 Å². The molecule has 1 aliphatic rings. The van der Waals surface area contributed by atoms with E-state index in [0.29, 0.717) is 11.3 Å². The average molecular weight is 237 g/mol. The van der Waals surface area contributed by atoms with Gasteiger partial charge in [0, 0.05) is 17.3 Å². The molecule has 1 aromatic carbocycles. The quantitative estimate of drug-likeness (QED) is 0.715. The fraction of sp³-hybridized carbons (Fsp3) is 0.0667. The summed E-state index contributed by atoms with van der Waals surface area (Å²) in [6.07, 6.45) is 1.79. The summed E-state index contributed by atoms with van der Waals surface area (Å²) in [5, 5.41) is 0. The Bertz CT molecular complexity index is 659. The van der Waals surface area contributed by atoms with Crippen LogP contribution in [0.1, 0.15) is 27.3 Å². The highest BCUT2D eigenvalue weighted by molar-refractivity contribution is 6.05. The maximum atomic E-state index is 11.6. The molecule has 3 rings (SSSR count). The Hall–Kier alpha value is -2.42. The van der Waals surface area contributed by atoms with E-state index in [-0.39, 0.29) is 5.97 Å². The van der Waals surface area contributed by atoms with Gasteiger partial charge in [0.05, 0.1) is 11.3 Å². The van der Waals surface area contributed by atoms with Crippen LogP contribution in [-0.2, 0) is 4.74 Å². The molecule has 18 heavy (non-hydrogen) atoms. The van der Waals surface area contributed by atoms with Gasteiger partial charge in [0.2, 0.25) is 0 Å². The summed E-state index contributed by atoms with van der Waals surface area (Å²) < 4.78 is 5.26. The molecule has 2 aromatic rings. The summed E-state index contributed by atoms with van der Waals surface area (Å²) >= 11 is 0. The van der Waals surface area contributed by atoms with E-state index in [0.717, 1.165) is 17.0 Å². The first-order chi connectivity index (χ1) is 8.74. The van der Waals surface area contributed by atoms with Gasteiger partial charge in [-0.05, 0) is 25.1 Å². The molecular formula is C15H11NO2. The van der Waals surface area contributed by atoms with Crippen LogP contribution in [0.5, 0.6) is 0 Å². The van der Waals surface area contributed by atoms with Crippen LogP contribution >= 0.6 is 0 Å². The Kier molecular flexibility index (Phi) is 2.45. The number of hydrogen-bond acceptors (Lipinski definition) is 3. The zero-order valence-corrected chi connectivity index (χ0v) is 9.88. The van der Waals surface area contributed by atoms with Crippen molar-refractivity contribution in [2.24, 2.45) is 0 Å². The molecule has 0 bridgehead atoms. The van der Waals surface area contributed by atoms with E-state index in [1.807, 2.05) is 43.3 Å². The van der Waals surface area contributed by atoms with Gasteiger partial charge in [0.15, 0.2) is 0 Å². The molecule has 0 aliphatic carbocycles. The van der Waals surface area contributed by atoms with Gasteiger partial charge < -0.3 is 4.74 Å². The Morgan fingerprint density at radius 3 is 2.61 bits per heavy atom. The third kappa shape index (κ3) is 1.80. The van der Waals surface area contributed by atoms with E-state index in [1.54, 1.807) is 12.1 Å². The van der Waals surface area contributed by atoms with Crippen molar-refractivity contribution in [3.8, 4) is 0 Å². The number of ether oxygens (including phenoxy) is 1. The summed E-state index contributed by atoms with van der Waals surface area (Å²) in [6, 6.07) is 13.1. The summed E-state index contributed by atoms with van der Waals surface area (Å²) in [4.78, 5) is 16.0. The molecule has 0 atom stereocenters. The number of esters is 1. The fourth-order valence-corrected chi connectivity index (χ4v) is 1.97. The van der Waals surface area contributed by atoms with E-state index in [9.17, 15) is 4.79 Å². The van der Waals surface area contributed by atoms with Crippen LogP contribution in [0.4, 0.5) is 0 Å². The summed E-state index contributed by atoms with van der Waals surface area (Å²) in [6.45, 7) is 1.93. The Balaban J connectivity index is 2.07. The molecule has 0 spiro atoms. The number of aryl methyl sites for hydroxylation is 1. The largest absolute Gasteiger partial charge is 0.422 e. The third-order valence-electron chi connectivity index (χ3n) is 2.80. The van der Waals surface area contributed by atoms with Gasteiger partial charge in [-0.15, -0.1) is 0 Å². The van der Waals surface area contributed by atoms with Crippen LogP contribution in [0, 0.1) is 6.92 Å². The number of benzene rings is 1. The predicted octanol–water partition coefficient (Wildman–Crippen LogP) is 3.06. The molecule has 88 valence electrons. The van der Waals surface area contributed by atoms with E-state index in [2.05, 4.69) is 4.98 Å². The molecule has 0 saturated carbocycles. The maximum Gasteiger partial charge on any atom is 0.344 e. The number of rotatable bonds is 1. The normalized spacial score (nSPS) is 15.6. The number of carbonyl (C=O) groups excluding carboxylic acids is 1. The van der Waals surface area contributed by atoms with Gasteiger partial charge in [0.1, 0.15) is 5.76 Å². The second-order valence-electron chi connectivity index (χ2n) is 4.15. The molecule has 0 fully saturated rings. The number of cyclic esters (lactones) is 1. The summed E-state index contributed by atoms with van der Waals surface area (Å²) in [5.74, 6) is 0.262. The SMILES string of the molecule is Cc1cccc(/C=C2\OC(=O)c3ccccc32)n1. The first-order valence-corrected chi connectivity index (χ1v) is 5.71. The topological polar surface area (TPSA) is 39.2 Å². The highest BCUT2D eigenvalue weighted by Crippen LogP contribution is 2.30. The molecule has 1 aliphatic heterocycles. The lowest BCUT2D eigenvalue weighted by molar-refractivity contribution is 0.0717. The minimum Gasteiger partial charge on any atom is -0.422 e. The molecular weight excluding hydrogens is 226 g/mol. The van der Waals surface area contributed by atoms with Gasteiger partial charge in [-0.2, -0.15) is 0 Å². The first kappa shape index (κ1) is 10.7. The Labute approximate surface area is 105 Å². The van der Waals surface area contributed by atoms with Crippen molar-refractivity contribution in [1.29, 1.82) is 0 Å². The van der Waals surface area contributed by atoms with Crippen LogP contribution in [-0.4, -0.2) is 11.0 Å². The van der Waals surface area contributed by atoms with Crippen molar-refractivity contribution in [2.75, 3.05) is 0 Å². The van der Waals surface area contributed by atoms with E-state index >= 15 is 0 Å². The second kappa shape index (κ2) is 4.11. The molecule has 2 heterocycles. The summed E-state index contributed by atoms with van der Waals surface area (Å²) in [7, 11) is 0. The molecule has 1 aromatic heterocycles. The van der Waals surface area contributed by atoms with Crippen LogP contribution in [0.15, 0.2) is 42.5 Å². The van der Waals surface area contributed by atoms with E-state index < -0.39 is 0 Å². The molecule has 3 heteroatoms. The predicted molar refractivity (Wildman–Crippen MR) is 68.7 cm³/mol. The number of aromatic nitrogens is 1. The smallest absolute Gasteiger partial charge is 0.344 e. The Morgan fingerprint density at radius 2 is 1.83 bits per heavy atom. The van der Waals surface area contributed by atoms with Crippen LogP contribution in [0.25, 0.3) is 11.8 Å². The zero-order valence-electron chi connectivity index (χ0n) is 9.88. The van der Waals surface area contributed by atoms with Crippen LogP contribution in [0.3, 0.4) is 0 Å². The highest BCUT2D eigenvalue weighted by atomic mass is 16.5. The fourth-order valence-electron chi connectivity index (χ4n) is 1.97. The lowest BCUT2D eigenvalue weighted by Gasteiger charge is -1.99. The molecule has 0 amide bonds. The number of pyridine rings is 1. The van der Waals surface area contributed by atoms with E-state index in [4.69, 9.17) is 4.74 Å². The second-order valence-corrected chi connectivity index (χ2v) is 4.15. The van der Waals surface area contributed by atoms with Crippen molar-refractivity contribution in [3.63, 3.8) is 0 Å². The molecule has 0 radical (unpaired) electrons. The molecule has 0 N–H and O–H groups in total. The van der Waals surface area contributed by atoms with Crippen LogP contribution in [0.2, 0.25) is 0 Å². The lowest BCUT2D eigenvalue weighted by Crippen LogP contribution is -1.92. The van der Waals surface area contributed by atoms with Gasteiger partial charge in [-0.3, -0.25) is 4.98 Å². The van der Waals surface area contributed by atoms with Crippen molar-refractivity contribution >= 4 is 17.8 Å². The monoisotopic (exact) mass is 237 g/mol. The minimum absolute atomic E-state index is 0.301. The first-order valence-electron chi connectivity index (χ1n) is 5.71. The van der Waals surface area contributed by atoms with Gasteiger partial charge in [-0.25, -0.2) is 4.79 Å². The van der Waals surface area contributed by atoms with Crippen molar-refractivity contribution < 1.29 is 9.53 Å². The highest BCUT2D eigenvalue weighted by Gasteiger charge is 2.25. The molecule has 0 saturated heterocycles. The van der Waals surface area contributed by atoms with Gasteiger partial charge >= 0.3 is 5.97 Å². The van der Waals surface area contributed by atoms with Crippen molar-refractivity contribution in [3.05, 3.63) is 65.0 Å². The number of fused-ring (bicyclic) bond motifs is 1. The Morgan fingerprint density at radius 1 is 1.06 bits per heavy atom. The zero-order chi connectivity index (χ0) is 12.5. The average Bonchev–Trinajstić information content (AvgIpc) is 2.67. The number of carbonyl (C=O) groups is 1. The number of hydrogen-bond donors (Lipinski definition) is 0. The summed E-state index contributed by atoms with van der Waals surface area (Å²) in [5.41, 5.74) is 3.15. The van der Waals surface area contributed by atoms with E-state index in [1.165, 1.54) is 0 Å². The number of nitrogens with zero attached hydrogens (tertiary/aromatic N) is 1. The maximum absolute atomic E-state index is 11.6. The third-order valence-corrected chi connectivity index (χ3v) is 2.80. The molecule has 0 unspecified atom stereocenters. The molecule has 3 nitrogen and oxygen atoms in total.